The van der Waals surface area contributed by atoms with E-state index in [4.69, 9.17) is 0 Å². The molecule has 0 bridgehead atoms. The second kappa shape index (κ2) is 9.30. The summed E-state index contributed by atoms with van der Waals surface area (Å²) in [6.45, 7) is 0. The molecule has 1 fully saturated rings. The number of hydrogen-bond donors (Lipinski definition) is 1. The Morgan fingerprint density at radius 1 is 0.774 bits per heavy atom. The Hall–Kier alpha value is -2.54. The quantitative estimate of drug-likeness (QED) is 0.440. The Morgan fingerprint density at radius 2 is 1.55 bits per heavy atom. The molecule has 1 nitrogen and oxygen atoms in total. The van der Waals surface area contributed by atoms with Crippen LogP contribution in [0.2, 0.25) is 0 Å². The Kier molecular flexibility index (Phi) is 6.11. The van der Waals surface area contributed by atoms with Crippen LogP contribution in [-0.4, -0.2) is 5.11 Å². The number of phenols is 1. The lowest BCUT2D eigenvalue weighted by molar-refractivity contribution is 0.469. The van der Waals surface area contributed by atoms with Crippen LogP contribution < -0.4 is 0 Å². The normalized spacial score (nSPS) is 21.2. The fourth-order valence-electron chi connectivity index (χ4n) is 6.06. The first-order valence-electron chi connectivity index (χ1n) is 12.2. The number of aromatic hydroxyl groups is 1. The zero-order valence-electron chi connectivity index (χ0n) is 18.5. The topological polar surface area (TPSA) is 20.2 Å². The van der Waals surface area contributed by atoms with Gasteiger partial charge < -0.3 is 5.11 Å². The molecule has 0 radical (unpaired) electrons. The van der Waals surface area contributed by atoms with E-state index in [0.29, 0.717) is 17.6 Å². The zero-order chi connectivity index (χ0) is 21.0. The molecule has 160 valence electrons. The van der Waals surface area contributed by atoms with E-state index < -0.39 is 0 Å². The molecule has 0 aliphatic heterocycles. The average molecular weight is 411 g/mol. The van der Waals surface area contributed by atoms with Crippen molar-refractivity contribution in [2.45, 2.75) is 69.6 Å². The first-order valence-corrected chi connectivity index (χ1v) is 12.2. The molecule has 1 saturated carbocycles. The van der Waals surface area contributed by atoms with Gasteiger partial charge in [0.15, 0.2) is 0 Å². The highest BCUT2D eigenvalue weighted by molar-refractivity contribution is 5.47. The molecule has 3 aromatic rings. The fourth-order valence-corrected chi connectivity index (χ4v) is 6.06. The molecule has 0 saturated heterocycles. The summed E-state index contributed by atoms with van der Waals surface area (Å²) < 4.78 is 0. The minimum Gasteiger partial charge on any atom is -0.508 e. The first-order chi connectivity index (χ1) is 15.3. The van der Waals surface area contributed by atoms with Gasteiger partial charge in [-0.25, -0.2) is 0 Å². The molecule has 31 heavy (non-hydrogen) atoms. The maximum Gasteiger partial charge on any atom is 0.115 e. The summed E-state index contributed by atoms with van der Waals surface area (Å²) >= 11 is 0. The van der Waals surface area contributed by atoms with E-state index in [1.807, 2.05) is 12.1 Å². The molecule has 2 aliphatic carbocycles. The van der Waals surface area contributed by atoms with Gasteiger partial charge in [-0.2, -0.15) is 0 Å². The molecule has 1 heteroatoms. The van der Waals surface area contributed by atoms with Gasteiger partial charge in [-0.3, -0.25) is 0 Å². The minimum atomic E-state index is 0.347. The molecule has 0 amide bonds. The van der Waals surface area contributed by atoms with Gasteiger partial charge in [0.1, 0.15) is 5.75 Å². The number of aryl methyl sites for hydroxylation is 2. The molecule has 3 aromatic carbocycles. The van der Waals surface area contributed by atoms with E-state index >= 15 is 0 Å². The summed E-state index contributed by atoms with van der Waals surface area (Å²) in [4.78, 5) is 0. The number of benzene rings is 3. The van der Waals surface area contributed by atoms with Gasteiger partial charge in [0.25, 0.3) is 0 Å². The lowest BCUT2D eigenvalue weighted by Crippen LogP contribution is -2.20. The van der Waals surface area contributed by atoms with Gasteiger partial charge in [0.2, 0.25) is 0 Å². The predicted octanol–water partition coefficient (Wildman–Crippen LogP) is 7.77. The summed E-state index contributed by atoms with van der Waals surface area (Å²) in [6.07, 6.45) is 11.9. The Bertz CT molecular complexity index is 983. The maximum absolute atomic E-state index is 10.0. The van der Waals surface area contributed by atoms with Gasteiger partial charge in [-0.15, -0.1) is 0 Å². The average Bonchev–Trinajstić information content (AvgIpc) is 3.33. The van der Waals surface area contributed by atoms with Crippen LogP contribution in [0.4, 0.5) is 0 Å². The summed E-state index contributed by atoms with van der Waals surface area (Å²) in [5.74, 6) is 2.19. The van der Waals surface area contributed by atoms with Crippen LogP contribution in [0.5, 0.6) is 5.75 Å². The molecular weight excluding hydrogens is 376 g/mol. The number of phenolic OH excluding ortho intramolecular Hbond substituents is 1. The largest absolute Gasteiger partial charge is 0.508 e. The van der Waals surface area contributed by atoms with Crippen molar-refractivity contribution in [3.05, 3.63) is 101 Å². The molecule has 0 aromatic heterocycles. The highest BCUT2D eigenvalue weighted by Gasteiger charge is 2.32. The second-order valence-electron chi connectivity index (χ2n) is 9.70. The molecule has 2 aliphatic rings. The van der Waals surface area contributed by atoms with Gasteiger partial charge in [-0.05, 0) is 77.5 Å². The molecular formula is C30H34O. The predicted molar refractivity (Wildman–Crippen MR) is 129 cm³/mol. The molecule has 2 atom stereocenters. The van der Waals surface area contributed by atoms with Crippen molar-refractivity contribution < 1.29 is 5.11 Å². The zero-order valence-corrected chi connectivity index (χ0v) is 18.5. The van der Waals surface area contributed by atoms with E-state index in [1.54, 1.807) is 0 Å². The van der Waals surface area contributed by atoms with E-state index in [-0.39, 0.29) is 0 Å². The SMILES string of the molecule is Oc1ccc2c(c1)CC[C@H](c1ccccc1)[C@@H]2c1ccc(CCCC2CCCC2)cc1. The third kappa shape index (κ3) is 4.56. The second-order valence-corrected chi connectivity index (χ2v) is 9.70. The van der Waals surface area contributed by atoms with E-state index in [9.17, 15) is 5.11 Å². The van der Waals surface area contributed by atoms with Gasteiger partial charge in [0.05, 0.1) is 0 Å². The highest BCUT2D eigenvalue weighted by atomic mass is 16.3. The third-order valence-corrected chi connectivity index (χ3v) is 7.71. The molecule has 0 unspecified atom stereocenters. The number of hydrogen-bond acceptors (Lipinski definition) is 1. The number of rotatable bonds is 6. The van der Waals surface area contributed by atoms with E-state index in [2.05, 4.69) is 60.7 Å². The van der Waals surface area contributed by atoms with Crippen molar-refractivity contribution in [3.8, 4) is 5.75 Å². The van der Waals surface area contributed by atoms with Crippen molar-refractivity contribution in [1.29, 1.82) is 0 Å². The van der Waals surface area contributed by atoms with Crippen LogP contribution in [0, 0.1) is 5.92 Å². The van der Waals surface area contributed by atoms with E-state index in [0.717, 1.165) is 18.8 Å². The van der Waals surface area contributed by atoms with Crippen LogP contribution in [0.3, 0.4) is 0 Å². The Balaban J connectivity index is 1.38. The Labute approximate surface area is 187 Å². The maximum atomic E-state index is 10.0. The lowest BCUT2D eigenvalue weighted by Gasteiger charge is -2.35. The molecule has 0 heterocycles. The summed E-state index contributed by atoms with van der Waals surface area (Å²) in [6, 6.07) is 26.4. The monoisotopic (exact) mass is 410 g/mol. The van der Waals surface area contributed by atoms with Gasteiger partial charge >= 0.3 is 0 Å². The lowest BCUT2D eigenvalue weighted by atomic mass is 9.69. The summed E-state index contributed by atoms with van der Waals surface area (Å²) in [5.41, 5.74) is 6.98. The molecule has 0 spiro atoms. The van der Waals surface area contributed by atoms with E-state index in [1.165, 1.54) is 72.8 Å². The van der Waals surface area contributed by atoms with Crippen LogP contribution in [0.25, 0.3) is 0 Å². The summed E-state index contributed by atoms with van der Waals surface area (Å²) in [5, 5.41) is 10.0. The van der Waals surface area contributed by atoms with Crippen molar-refractivity contribution >= 4 is 0 Å². The number of fused-ring (bicyclic) bond motifs is 1. The van der Waals surface area contributed by atoms with Crippen molar-refractivity contribution in [2.24, 2.45) is 5.92 Å². The smallest absolute Gasteiger partial charge is 0.115 e. The van der Waals surface area contributed by atoms with Crippen LogP contribution in [0.1, 0.15) is 84.6 Å². The Morgan fingerprint density at radius 3 is 2.32 bits per heavy atom. The highest BCUT2D eigenvalue weighted by Crippen LogP contribution is 2.46. The van der Waals surface area contributed by atoms with Crippen LogP contribution in [0.15, 0.2) is 72.8 Å². The van der Waals surface area contributed by atoms with Gasteiger partial charge in [-0.1, -0.05) is 92.8 Å². The molecule has 5 rings (SSSR count). The molecule has 1 N–H and O–H groups in total. The minimum absolute atomic E-state index is 0.347. The summed E-state index contributed by atoms with van der Waals surface area (Å²) in [7, 11) is 0. The third-order valence-electron chi connectivity index (χ3n) is 7.71. The van der Waals surface area contributed by atoms with Crippen molar-refractivity contribution in [3.63, 3.8) is 0 Å². The van der Waals surface area contributed by atoms with Crippen LogP contribution >= 0.6 is 0 Å². The first kappa shape index (κ1) is 20.4. The van der Waals surface area contributed by atoms with Crippen molar-refractivity contribution in [1.82, 2.24) is 0 Å². The van der Waals surface area contributed by atoms with Gasteiger partial charge in [0, 0.05) is 5.92 Å². The van der Waals surface area contributed by atoms with Crippen LogP contribution in [-0.2, 0) is 12.8 Å². The van der Waals surface area contributed by atoms with Crippen molar-refractivity contribution in [2.75, 3.05) is 0 Å². The fraction of sp³-hybridized carbons (Fsp3) is 0.400. The standard InChI is InChI=1S/C30H34O/c31-27-18-20-29-26(21-27)17-19-28(24-11-2-1-3-12-24)30(29)25-15-13-23(14-16-25)10-6-9-22-7-4-5-8-22/h1-3,11-16,18,20-22,28,30-31H,4-10,17,19H2/t28-,30+/m1/s1.